The SMILES string of the molecule is CC(C)(C)OC(=O)NNC(COc1ccccc1)=NC1CC1. The van der Waals surface area contributed by atoms with E-state index in [0.717, 1.165) is 18.6 Å². The van der Waals surface area contributed by atoms with Crippen LogP contribution in [0.2, 0.25) is 0 Å². The van der Waals surface area contributed by atoms with Crippen LogP contribution < -0.4 is 15.6 Å². The van der Waals surface area contributed by atoms with Gasteiger partial charge in [0.25, 0.3) is 0 Å². The van der Waals surface area contributed by atoms with Gasteiger partial charge in [-0.05, 0) is 45.7 Å². The number of hydrazine groups is 1. The summed E-state index contributed by atoms with van der Waals surface area (Å²) in [6.45, 7) is 5.69. The van der Waals surface area contributed by atoms with Gasteiger partial charge in [0.05, 0.1) is 6.04 Å². The number of para-hydroxylation sites is 1. The molecule has 2 rings (SSSR count). The van der Waals surface area contributed by atoms with Gasteiger partial charge in [0.2, 0.25) is 0 Å². The van der Waals surface area contributed by atoms with E-state index in [2.05, 4.69) is 15.8 Å². The molecule has 120 valence electrons. The van der Waals surface area contributed by atoms with E-state index in [9.17, 15) is 4.79 Å². The van der Waals surface area contributed by atoms with E-state index < -0.39 is 11.7 Å². The molecule has 0 spiro atoms. The number of hydrogen-bond donors (Lipinski definition) is 2. The number of amidine groups is 1. The molecule has 1 saturated carbocycles. The molecule has 1 amide bonds. The van der Waals surface area contributed by atoms with Gasteiger partial charge in [-0.3, -0.25) is 10.4 Å². The van der Waals surface area contributed by atoms with Gasteiger partial charge in [-0.2, -0.15) is 0 Å². The number of ether oxygens (including phenoxy) is 2. The van der Waals surface area contributed by atoms with Crippen LogP contribution in [0.3, 0.4) is 0 Å². The third-order valence-electron chi connectivity index (χ3n) is 2.71. The molecule has 1 fully saturated rings. The van der Waals surface area contributed by atoms with Crippen LogP contribution in [0.15, 0.2) is 35.3 Å². The van der Waals surface area contributed by atoms with Crippen molar-refractivity contribution in [2.45, 2.75) is 45.3 Å². The second kappa shape index (κ2) is 7.15. The maximum atomic E-state index is 11.6. The van der Waals surface area contributed by atoms with Gasteiger partial charge in [-0.1, -0.05) is 18.2 Å². The Labute approximate surface area is 130 Å². The van der Waals surface area contributed by atoms with E-state index in [1.807, 2.05) is 51.1 Å². The van der Waals surface area contributed by atoms with Crippen LogP contribution in [0.4, 0.5) is 4.79 Å². The highest BCUT2D eigenvalue weighted by atomic mass is 16.6. The molecule has 0 radical (unpaired) electrons. The summed E-state index contributed by atoms with van der Waals surface area (Å²) in [5.74, 6) is 1.34. The standard InChI is InChI=1S/C16H23N3O3/c1-16(2,3)22-15(20)19-18-14(17-12-9-10-12)11-21-13-7-5-4-6-8-13/h4-8,12H,9-11H2,1-3H3,(H,17,18)(H,19,20). The lowest BCUT2D eigenvalue weighted by Crippen LogP contribution is -2.46. The molecule has 6 nitrogen and oxygen atoms in total. The first-order valence-electron chi connectivity index (χ1n) is 7.42. The second-order valence-corrected chi connectivity index (χ2v) is 6.16. The Balaban J connectivity index is 1.83. The Bertz CT molecular complexity index is 519. The predicted octanol–water partition coefficient (Wildman–Crippen LogP) is 2.66. The van der Waals surface area contributed by atoms with E-state index in [1.165, 1.54) is 0 Å². The number of amides is 1. The van der Waals surface area contributed by atoms with Crippen LogP contribution in [-0.2, 0) is 4.74 Å². The smallest absolute Gasteiger partial charge is 0.426 e. The number of benzene rings is 1. The summed E-state index contributed by atoms with van der Waals surface area (Å²) >= 11 is 0. The van der Waals surface area contributed by atoms with Crippen molar-refractivity contribution in [1.82, 2.24) is 10.9 Å². The minimum atomic E-state index is -0.546. The summed E-state index contributed by atoms with van der Waals surface area (Å²) in [6, 6.07) is 9.79. The highest BCUT2D eigenvalue weighted by Gasteiger charge is 2.22. The van der Waals surface area contributed by atoms with Crippen LogP contribution in [0.5, 0.6) is 5.75 Å². The van der Waals surface area contributed by atoms with E-state index in [0.29, 0.717) is 11.9 Å². The van der Waals surface area contributed by atoms with Crippen molar-refractivity contribution in [2.75, 3.05) is 6.61 Å². The Kier molecular flexibility index (Phi) is 5.25. The molecule has 0 aliphatic heterocycles. The lowest BCUT2D eigenvalue weighted by Gasteiger charge is -2.20. The van der Waals surface area contributed by atoms with Gasteiger partial charge in [0, 0.05) is 0 Å². The van der Waals surface area contributed by atoms with Crippen molar-refractivity contribution in [1.29, 1.82) is 0 Å². The van der Waals surface area contributed by atoms with Gasteiger partial charge < -0.3 is 9.47 Å². The van der Waals surface area contributed by atoms with Gasteiger partial charge in [0.1, 0.15) is 18.0 Å². The number of nitrogens with zero attached hydrogens (tertiary/aromatic N) is 1. The van der Waals surface area contributed by atoms with E-state index >= 15 is 0 Å². The average molecular weight is 305 g/mol. The zero-order chi connectivity index (χ0) is 16.0. The molecular weight excluding hydrogens is 282 g/mol. The van der Waals surface area contributed by atoms with Crippen molar-refractivity contribution < 1.29 is 14.3 Å². The normalized spacial score (nSPS) is 15.1. The predicted molar refractivity (Wildman–Crippen MR) is 84.9 cm³/mol. The summed E-state index contributed by atoms with van der Waals surface area (Å²) in [4.78, 5) is 16.1. The third kappa shape index (κ3) is 6.47. The first-order valence-corrected chi connectivity index (χ1v) is 7.42. The Hall–Kier alpha value is -2.24. The number of carbonyl (C=O) groups excluding carboxylic acids is 1. The number of nitrogens with one attached hydrogen (secondary N) is 2. The monoisotopic (exact) mass is 305 g/mol. The first kappa shape index (κ1) is 16.1. The summed E-state index contributed by atoms with van der Waals surface area (Å²) in [5.41, 5.74) is 4.73. The lowest BCUT2D eigenvalue weighted by atomic mass is 10.2. The van der Waals surface area contributed by atoms with E-state index in [1.54, 1.807) is 0 Å². The molecule has 0 saturated heterocycles. The van der Waals surface area contributed by atoms with E-state index in [4.69, 9.17) is 9.47 Å². The summed E-state index contributed by atoms with van der Waals surface area (Å²) in [7, 11) is 0. The molecule has 0 unspecified atom stereocenters. The van der Waals surface area contributed by atoms with Crippen LogP contribution in [0, 0.1) is 0 Å². The fraction of sp³-hybridized carbons (Fsp3) is 0.500. The molecule has 1 aromatic carbocycles. The minimum absolute atomic E-state index is 0.260. The topological polar surface area (TPSA) is 72.0 Å². The van der Waals surface area contributed by atoms with Gasteiger partial charge >= 0.3 is 6.09 Å². The Morgan fingerprint density at radius 1 is 1.23 bits per heavy atom. The lowest BCUT2D eigenvalue weighted by molar-refractivity contribution is 0.0512. The molecule has 1 aromatic rings. The molecule has 1 aliphatic rings. The first-order chi connectivity index (χ1) is 10.4. The largest absolute Gasteiger partial charge is 0.486 e. The molecule has 2 N–H and O–H groups in total. The quantitative estimate of drug-likeness (QED) is 0.509. The van der Waals surface area contributed by atoms with Crippen LogP contribution in [0.25, 0.3) is 0 Å². The number of hydrogen-bond acceptors (Lipinski definition) is 4. The molecule has 22 heavy (non-hydrogen) atoms. The summed E-state index contributed by atoms with van der Waals surface area (Å²) in [6.07, 6.45) is 1.60. The van der Waals surface area contributed by atoms with Crippen molar-refractivity contribution in [3.05, 3.63) is 30.3 Å². The molecule has 1 aliphatic carbocycles. The highest BCUT2D eigenvalue weighted by Crippen LogP contribution is 2.23. The molecule has 0 aromatic heterocycles. The molecule has 0 heterocycles. The minimum Gasteiger partial charge on any atom is -0.486 e. The fourth-order valence-corrected chi connectivity index (χ4v) is 1.62. The molecule has 0 bridgehead atoms. The van der Waals surface area contributed by atoms with Gasteiger partial charge in [-0.15, -0.1) is 0 Å². The molecule has 0 atom stereocenters. The van der Waals surface area contributed by atoms with E-state index in [-0.39, 0.29) is 6.61 Å². The Morgan fingerprint density at radius 2 is 1.91 bits per heavy atom. The molecular formula is C16H23N3O3. The molecule has 6 heteroatoms. The third-order valence-corrected chi connectivity index (χ3v) is 2.71. The van der Waals surface area contributed by atoms with Crippen molar-refractivity contribution in [2.24, 2.45) is 4.99 Å². The number of carbonyl (C=O) groups is 1. The average Bonchev–Trinajstić information content (AvgIpc) is 3.25. The summed E-state index contributed by atoms with van der Waals surface area (Å²) in [5, 5.41) is 0. The summed E-state index contributed by atoms with van der Waals surface area (Å²) < 4.78 is 10.8. The van der Waals surface area contributed by atoms with Crippen molar-refractivity contribution in [3.8, 4) is 5.75 Å². The maximum Gasteiger partial charge on any atom is 0.426 e. The van der Waals surface area contributed by atoms with Gasteiger partial charge in [0.15, 0.2) is 5.84 Å². The van der Waals surface area contributed by atoms with Gasteiger partial charge in [-0.25, -0.2) is 10.2 Å². The zero-order valence-corrected chi connectivity index (χ0v) is 13.3. The number of rotatable bonds is 4. The van der Waals surface area contributed by atoms with Crippen LogP contribution in [-0.4, -0.2) is 30.2 Å². The maximum absolute atomic E-state index is 11.6. The van der Waals surface area contributed by atoms with Crippen LogP contribution >= 0.6 is 0 Å². The zero-order valence-electron chi connectivity index (χ0n) is 13.3. The second-order valence-electron chi connectivity index (χ2n) is 6.16. The number of aliphatic imine (C=N–C) groups is 1. The van der Waals surface area contributed by atoms with Crippen molar-refractivity contribution in [3.63, 3.8) is 0 Å². The Morgan fingerprint density at radius 3 is 2.50 bits per heavy atom. The highest BCUT2D eigenvalue weighted by molar-refractivity contribution is 5.85. The van der Waals surface area contributed by atoms with Crippen molar-refractivity contribution >= 4 is 11.9 Å². The van der Waals surface area contributed by atoms with Crippen LogP contribution in [0.1, 0.15) is 33.6 Å². The fourth-order valence-electron chi connectivity index (χ4n) is 1.62.